The summed E-state index contributed by atoms with van der Waals surface area (Å²) in [5, 5.41) is 2.17. The zero-order chi connectivity index (χ0) is 15.3. The number of rotatable bonds is 4. The molecule has 0 radical (unpaired) electrons. The quantitative estimate of drug-likeness (QED) is 0.805. The predicted molar refractivity (Wildman–Crippen MR) is 60.5 cm³/mol. The van der Waals surface area contributed by atoms with E-state index in [2.05, 4.69) is 10.1 Å². The highest BCUT2D eigenvalue weighted by molar-refractivity contribution is 5.80. The molecule has 1 atom stereocenters. The first-order valence-electron chi connectivity index (χ1n) is 5.63. The highest BCUT2D eigenvalue weighted by Crippen LogP contribution is 2.19. The molecular weight excluding hydrogens is 267 g/mol. The molecule has 0 unspecified atom stereocenters. The van der Waals surface area contributed by atoms with E-state index in [0.717, 1.165) is 0 Å². The van der Waals surface area contributed by atoms with Crippen molar-refractivity contribution in [3.05, 3.63) is 0 Å². The number of amides is 1. The lowest BCUT2D eigenvalue weighted by molar-refractivity contribution is -0.160. The average molecular weight is 285 g/mol. The van der Waals surface area contributed by atoms with E-state index in [0.29, 0.717) is 0 Å². The molecule has 0 rings (SSSR count). The molecule has 0 saturated heterocycles. The topological polar surface area (TPSA) is 64.6 Å². The molecule has 1 N–H and O–H groups in total. The van der Waals surface area contributed by atoms with Gasteiger partial charge in [-0.25, -0.2) is 9.59 Å². The van der Waals surface area contributed by atoms with Crippen LogP contribution in [0.5, 0.6) is 0 Å². The molecule has 0 aliphatic rings. The van der Waals surface area contributed by atoms with Crippen molar-refractivity contribution in [2.45, 2.75) is 51.9 Å². The monoisotopic (exact) mass is 285 g/mol. The van der Waals surface area contributed by atoms with E-state index in [4.69, 9.17) is 4.74 Å². The maximum atomic E-state index is 11.8. The van der Waals surface area contributed by atoms with Gasteiger partial charge in [0.15, 0.2) is 0 Å². The zero-order valence-corrected chi connectivity index (χ0v) is 11.3. The van der Waals surface area contributed by atoms with Crippen LogP contribution in [0, 0.1) is 0 Å². The van der Waals surface area contributed by atoms with Crippen LogP contribution in [0.15, 0.2) is 0 Å². The molecule has 0 heterocycles. The molecule has 112 valence electrons. The average Bonchev–Trinajstić information content (AvgIpc) is 2.11. The number of alkyl halides is 3. The first-order chi connectivity index (χ1) is 8.41. The highest BCUT2D eigenvalue weighted by atomic mass is 19.4. The Morgan fingerprint density at radius 2 is 1.74 bits per heavy atom. The summed E-state index contributed by atoms with van der Waals surface area (Å²) in [6.07, 6.45) is -6.45. The van der Waals surface area contributed by atoms with E-state index in [9.17, 15) is 22.8 Å². The number of halogens is 3. The van der Waals surface area contributed by atoms with Gasteiger partial charge in [-0.15, -0.1) is 0 Å². The van der Waals surface area contributed by atoms with Gasteiger partial charge >= 0.3 is 18.2 Å². The van der Waals surface area contributed by atoms with Crippen LogP contribution in [-0.4, -0.2) is 36.5 Å². The third kappa shape index (κ3) is 10.2. The number of carbonyl (C=O) groups is 2. The van der Waals surface area contributed by atoms with Crippen molar-refractivity contribution in [1.29, 1.82) is 0 Å². The van der Waals surface area contributed by atoms with E-state index >= 15 is 0 Å². The maximum Gasteiger partial charge on any atom is 0.408 e. The number of hydrogen-bond donors (Lipinski definition) is 1. The molecule has 0 fully saturated rings. The number of esters is 1. The van der Waals surface area contributed by atoms with Crippen LogP contribution in [0.3, 0.4) is 0 Å². The third-order valence-corrected chi connectivity index (χ3v) is 1.72. The van der Waals surface area contributed by atoms with Gasteiger partial charge in [-0.05, 0) is 27.7 Å². The number of nitrogens with one attached hydrogen (secondary N) is 1. The zero-order valence-electron chi connectivity index (χ0n) is 11.3. The molecule has 0 aromatic rings. The minimum Gasteiger partial charge on any atom is -0.464 e. The van der Waals surface area contributed by atoms with Gasteiger partial charge in [0.25, 0.3) is 0 Å². The second kappa shape index (κ2) is 6.63. The summed E-state index contributed by atoms with van der Waals surface area (Å²) in [5.74, 6) is -0.949. The van der Waals surface area contributed by atoms with Crippen LogP contribution in [-0.2, 0) is 14.3 Å². The summed E-state index contributed by atoms with van der Waals surface area (Å²) in [6.45, 7) is 5.43. The highest BCUT2D eigenvalue weighted by Gasteiger charge is 2.28. The van der Waals surface area contributed by atoms with Crippen molar-refractivity contribution in [2.75, 3.05) is 6.61 Å². The van der Waals surface area contributed by atoms with Crippen LogP contribution in [0.25, 0.3) is 0 Å². The van der Waals surface area contributed by atoms with E-state index in [1.165, 1.54) is 6.92 Å². The molecule has 0 saturated carbocycles. The number of ether oxygens (including phenoxy) is 2. The molecule has 5 nitrogen and oxygen atoms in total. The van der Waals surface area contributed by atoms with Crippen LogP contribution in [0.4, 0.5) is 18.0 Å². The molecule has 0 aliphatic carbocycles. The van der Waals surface area contributed by atoms with E-state index in [-0.39, 0.29) is 0 Å². The van der Waals surface area contributed by atoms with Crippen LogP contribution in [0.1, 0.15) is 34.1 Å². The second-order valence-electron chi connectivity index (χ2n) is 4.90. The summed E-state index contributed by atoms with van der Waals surface area (Å²) in [7, 11) is 0. The minimum atomic E-state index is -4.39. The molecule has 0 aliphatic heterocycles. The number of carbonyl (C=O) groups excluding carboxylic acids is 2. The number of alkyl carbamates (subject to hydrolysis) is 1. The largest absolute Gasteiger partial charge is 0.464 e. The van der Waals surface area contributed by atoms with Gasteiger partial charge in [0, 0.05) is 0 Å². The molecule has 0 aromatic heterocycles. The van der Waals surface area contributed by atoms with Gasteiger partial charge in [0.05, 0.1) is 6.42 Å². The fourth-order valence-electron chi connectivity index (χ4n) is 0.936. The minimum absolute atomic E-state index is 0.732. The molecule has 19 heavy (non-hydrogen) atoms. The summed E-state index contributed by atoms with van der Waals surface area (Å²) in [6, 6.07) is -1.08. The summed E-state index contributed by atoms with van der Waals surface area (Å²) in [4.78, 5) is 22.6. The number of hydrogen-bond acceptors (Lipinski definition) is 4. The van der Waals surface area contributed by atoms with Crippen molar-refractivity contribution < 1.29 is 32.2 Å². The van der Waals surface area contributed by atoms with Crippen molar-refractivity contribution in [1.82, 2.24) is 5.32 Å². The van der Waals surface area contributed by atoms with Gasteiger partial charge in [-0.3, -0.25) is 0 Å². The first kappa shape index (κ1) is 17.5. The Balaban J connectivity index is 4.04. The Labute approximate surface area is 109 Å². The SMILES string of the molecule is C[C@H](NC(=O)OC(C)(C)C)C(=O)OCCC(F)(F)F. The van der Waals surface area contributed by atoms with Gasteiger partial charge in [-0.2, -0.15) is 13.2 Å². The molecular formula is C11H18F3NO4. The van der Waals surface area contributed by atoms with Crippen LogP contribution in [0.2, 0.25) is 0 Å². The van der Waals surface area contributed by atoms with E-state index < -0.39 is 42.9 Å². The molecule has 0 aromatic carbocycles. The summed E-state index contributed by atoms with van der Waals surface area (Å²) < 4.78 is 44.7. The first-order valence-corrected chi connectivity index (χ1v) is 5.63. The van der Waals surface area contributed by atoms with Crippen LogP contribution >= 0.6 is 0 Å². The fraction of sp³-hybridized carbons (Fsp3) is 0.818. The van der Waals surface area contributed by atoms with Crippen molar-refractivity contribution in [3.8, 4) is 0 Å². The lowest BCUT2D eigenvalue weighted by atomic mass is 10.2. The van der Waals surface area contributed by atoms with Crippen molar-refractivity contribution >= 4 is 12.1 Å². The Hall–Kier alpha value is -1.47. The van der Waals surface area contributed by atoms with Crippen molar-refractivity contribution in [3.63, 3.8) is 0 Å². The smallest absolute Gasteiger partial charge is 0.408 e. The molecule has 8 heteroatoms. The predicted octanol–water partition coefficient (Wildman–Crippen LogP) is 2.40. The lowest BCUT2D eigenvalue weighted by Gasteiger charge is -2.21. The Kier molecular flexibility index (Phi) is 6.11. The van der Waals surface area contributed by atoms with Gasteiger partial charge < -0.3 is 14.8 Å². The Bertz CT molecular complexity index is 323. The van der Waals surface area contributed by atoms with Gasteiger partial charge in [0.1, 0.15) is 18.2 Å². The molecule has 0 bridgehead atoms. The van der Waals surface area contributed by atoms with Crippen molar-refractivity contribution in [2.24, 2.45) is 0 Å². The van der Waals surface area contributed by atoms with Gasteiger partial charge in [-0.1, -0.05) is 0 Å². The maximum absolute atomic E-state index is 11.8. The summed E-state index contributed by atoms with van der Waals surface area (Å²) >= 11 is 0. The second-order valence-corrected chi connectivity index (χ2v) is 4.90. The standard InChI is InChI=1S/C11H18F3NO4/c1-7(15-9(17)19-10(2,3)4)8(16)18-6-5-11(12,13)14/h7H,5-6H2,1-4H3,(H,15,17)/t7-/m0/s1. The van der Waals surface area contributed by atoms with Crippen LogP contribution < -0.4 is 5.32 Å². The lowest BCUT2D eigenvalue weighted by Crippen LogP contribution is -2.42. The summed E-state index contributed by atoms with van der Waals surface area (Å²) in [5.41, 5.74) is -0.732. The molecule has 0 spiro atoms. The van der Waals surface area contributed by atoms with E-state index in [1.54, 1.807) is 20.8 Å². The van der Waals surface area contributed by atoms with E-state index in [1.807, 2.05) is 0 Å². The third-order valence-electron chi connectivity index (χ3n) is 1.72. The van der Waals surface area contributed by atoms with Gasteiger partial charge in [0.2, 0.25) is 0 Å². The fourth-order valence-corrected chi connectivity index (χ4v) is 0.936. The Morgan fingerprint density at radius 1 is 1.21 bits per heavy atom. The normalized spacial score (nSPS) is 13.6. The molecule has 1 amide bonds. The Morgan fingerprint density at radius 3 is 2.16 bits per heavy atom.